The van der Waals surface area contributed by atoms with Crippen LogP contribution in [0.15, 0.2) is 17.5 Å². The molecule has 0 spiro atoms. The third kappa shape index (κ3) is 3.02. The molecule has 0 aliphatic heterocycles. The molecule has 5 heteroatoms. The molecule has 1 aliphatic carbocycles. The summed E-state index contributed by atoms with van der Waals surface area (Å²) in [5.74, 6) is 0.318. The van der Waals surface area contributed by atoms with Gasteiger partial charge >= 0.3 is 0 Å². The van der Waals surface area contributed by atoms with Crippen molar-refractivity contribution in [1.82, 2.24) is 10.2 Å². The summed E-state index contributed by atoms with van der Waals surface area (Å²) in [6.45, 7) is 2.07. The van der Waals surface area contributed by atoms with Crippen molar-refractivity contribution in [3.63, 3.8) is 0 Å². The molecule has 2 aromatic rings. The number of anilines is 1. The standard InChI is InChI=1S/C16H21N3OS/c1-2-12-14(15(19-18-12)13-9-6-10-21-13)17-16(20)11-7-4-3-5-8-11/h6,9-11H,2-5,7-8H2,1H3,(H,17,20)(H,18,19). The molecule has 2 N–H and O–H groups in total. The Morgan fingerprint density at radius 2 is 2.24 bits per heavy atom. The quantitative estimate of drug-likeness (QED) is 0.888. The highest BCUT2D eigenvalue weighted by molar-refractivity contribution is 7.13. The summed E-state index contributed by atoms with van der Waals surface area (Å²) >= 11 is 1.64. The number of aromatic nitrogens is 2. The summed E-state index contributed by atoms with van der Waals surface area (Å²) in [5.41, 5.74) is 2.74. The Balaban J connectivity index is 1.83. The summed E-state index contributed by atoms with van der Waals surface area (Å²) < 4.78 is 0. The van der Waals surface area contributed by atoms with Gasteiger partial charge in [-0.15, -0.1) is 11.3 Å². The normalized spacial score (nSPS) is 16.0. The van der Waals surface area contributed by atoms with E-state index < -0.39 is 0 Å². The number of rotatable bonds is 4. The van der Waals surface area contributed by atoms with Gasteiger partial charge in [-0.3, -0.25) is 9.89 Å². The molecular weight excluding hydrogens is 282 g/mol. The van der Waals surface area contributed by atoms with Crippen LogP contribution in [-0.2, 0) is 11.2 Å². The van der Waals surface area contributed by atoms with Gasteiger partial charge in [0.2, 0.25) is 5.91 Å². The molecule has 0 atom stereocenters. The number of carbonyl (C=O) groups excluding carboxylic acids is 1. The minimum atomic E-state index is 0.156. The van der Waals surface area contributed by atoms with Crippen molar-refractivity contribution >= 4 is 22.9 Å². The number of thiophene rings is 1. The molecule has 1 saturated carbocycles. The number of amides is 1. The first-order valence-electron chi connectivity index (χ1n) is 7.71. The van der Waals surface area contributed by atoms with Crippen LogP contribution in [0.4, 0.5) is 5.69 Å². The second kappa shape index (κ2) is 6.43. The Labute approximate surface area is 129 Å². The molecule has 2 heterocycles. The van der Waals surface area contributed by atoms with Crippen LogP contribution in [0, 0.1) is 5.92 Å². The number of aromatic amines is 1. The fraction of sp³-hybridized carbons (Fsp3) is 0.500. The molecule has 1 aliphatic rings. The largest absolute Gasteiger partial charge is 0.322 e. The van der Waals surface area contributed by atoms with Gasteiger partial charge in [-0.25, -0.2) is 0 Å². The number of hydrogen-bond donors (Lipinski definition) is 2. The topological polar surface area (TPSA) is 57.8 Å². The lowest BCUT2D eigenvalue weighted by Gasteiger charge is -2.21. The molecule has 0 bridgehead atoms. The Kier molecular flexibility index (Phi) is 4.39. The monoisotopic (exact) mass is 303 g/mol. The molecule has 112 valence electrons. The number of carbonyl (C=O) groups is 1. The van der Waals surface area contributed by atoms with E-state index in [2.05, 4.69) is 22.4 Å². The number of nitrogens with one attached hydrogen (secondary N) is 2. The molecule has 0 saturated heterocycles. The predicted octanol–water partition coefficient (Wildman–Crippen LogP) is 4.22. The smallest absolute Gasteiger partial charge is 0.227 e. The van der Waals surface area contributed by atoms with E-state index in [1.807, 2.05) is 17.5 Å². The maximum Gasteiger partial charge on any atom is 0.227 e. The summed E-state index contributed by atoms with van der Waals surface area (Å²) in [4.78, 5) is 13.6. The second-order valence-electron chi connectivity index (χ2n) is 5.58. The van der Waals surface area contributed by atoms with Gasteiger partial charge in [0, 0.05) is 5.92 Å². The molecule has 1 fully saturated rings. The average Bonchev–Trinajstić information content (AvgIpc) is 3.17. The Bertz CT molecular complexity index is 597. The third-order valence-corrected chi connectivity index (χ3v) is 5.05. The molecule has 21 heavy (non-hydrogen) atoms. The number of aryl methyl sites for hydroxylation is 1. The third-order valence-electron chi connectivity index (χ3n) is 4.17. The lowest BCUT2D eigenvalue weighted by Crippen LogP contribution is -2.25. The van der Waals surface area contributed by atoms with E-state index >= 15 is 0 Å². The first-order chi connectivity index (χ1) is 10.3. The van der Waals surface area contributed by atoms with Gasteiger partial charge in [-0.2, -0.15) is 5.10 Å². The Hall–Kier alpha value is -1.62. The van der Waals surface area contributed by atoms with Crippen molar-refractivity contribution in [1.29, 1.82) is 0 Å². The van der Waals surface area contributed by atoms with Crippen LogP contribution < -0.4 is 5.32 Å². The van der Waals surface area contributed by atoms with Gasteiger partial charge in [0.25, 0.3) is 0 Å². The fourth-order valence-corrected chi connectivity index (χ4v) is 3.67. The van der Waals surface area contributed by atoms with E-state index in [0.29, 0.717) is 0 Å². The molecule has 0 aromatic carbocycles. The average molecular weight is 303 g/mol. The van der Waals surface area contributed by atoms with E-state index in [4.69, 9.17) is 0 Å². The highest BCUT2D eigenvalue weighted by atomic mass is 32.1. The zero-order chi connectivity index (χ0) is 14.7. The minimum absolute atomic E-state index is 0.156. The fourth-order valence-electron chi connectivity index (χ4n) is 2.95. The van der Waals surface area contributed by atoms with Crippen molar-refractivity contribution < 1.29 is 4.79 Å². The summed E-state index contributed by atoms with van der Waals surface area (Å²) in [6, 6.07) is 4.05. The van der Waals surface area contributed by atoms with Crippen molar-refractivity contribution in [2.24, 2.45) is 5.92 Å². The minimum Gasteiger partial charge on any atom is -0.322 e. The maximum atomic E-state index is 12.5. The van der Waals surface area contributed by atoms with Crippen molar-refractivity contribution in [3.05, 3.63) is 23.2 Å². The van der Waals surface area contributed by atoms with Gasteiger partial charge in [-0.05, 0) is 30.7 Å². The maximum absolute atomic E-state index is 12.5. The summed E-state index contributed by atoms with van der Waals surface area (Å²) in [7, 11) is 0. The highest BCUT2D eigenvalue weighted by Crippen LogP contribution is 2.33. The molecule has 3 rings (SSSR count). The van der Waals surface area contributed by atoms with Crippen LogP contribution in [0.5, 0.6) is 0 Å². The Morgan fingerprint density at radius 1 is 1.43 bits per heavy atom. The Morgan fingerprint density at radius 3 is 2.90 bits per heavy atom. The van der Waals surface area contributed by atoms with Crippen molar-refractivity contribution in [2.45, 2.75) is 45.4 Å². The van der Waals surface area contributed by atoms with Crippen molar-refractivity contribution in [3.8, 4) is 10.6 Å². The molecule has 4 nitrogen and oxygen atoms in total. The van der Waals surface area contributed by atoms with Gasteiger partial charge in [0.15, 0.2) is 0 Å². The highest BCUT2D eigenvalue weighted by Gasteiger charge is 2.24. The van der Waals surface area contributed by atoms with Crippen molar-refractivity contribution in [2.75, 3.05) is 5.32 Å². The van der Waals surface area contributed by atoms with Gasteiger partial charge in [0.05, 0.1) is 16.3 Å². The molecule has 1 amide bonds. The molecule has 2 aromatic heterocycles. The van der Waals surface area contributed by atoms with Crippen LogP contribution in [0.2, 0.25) is 0 Å². The van der Waals surface area contributed by atoms with E-state index in [0.717, 1.165) is 41.2 Å². The van der Waals surface area contributed by atoms with E-state index in [9.17, 15) is 4.79 Å². The second-order valence-corrected chi connectivity index (χ2v) is 6.53. The van der Waals surface area contributed by atoms with Crippen LogP contribution in [-0.4, -0.2) is 16.1 Å². The van der Waals surface area contributed by atoms with E-state index in [1.54, 1.807) is 11.3 Å². The zero-order valence-corrected chi connectivity index (χ0v) is 13.1. The summed E-state index contributed by atoms with van der Waals surface area (Å²) in [5, 5.41) is 12.6. The molecule has 0 radical (unpaired) electrons. The lowest BCUT2D eigenvalue weighted by atomic mass is 9.88. The summed E-state index contributed by atoms with van der Waals surface area (Å²) in [6.07, 6.45) is 6.46. The zero-order valence-electron chi connectivity index (χ0n) is 12.3. The number of hydrogen-bond acceptors (Lipinski definition) is 3. The van der Waals surface area contributed by atoms with E-state index in [1.165, 1.54) is 19.3 Å². The first kappa shape index (κ1) is 14.3. The lowest BCUT2D eigenvalue weighted by molar-refractivity contribution is -0.120. The molecular formula is C16H21N3OS. The van der Waals surface area contributed by atoms with Crippen LogP contribution in [0.25, 0.3) is 10.6 Å². The predicted molar refractivity (Wildman–Crippen MR) is 86.5 cm³/mol. The first-order valence-corrected chi connectivity index (χ1v) is 8.59. The SMILES string of the molecule is CCc1[nH]nc(-c2cccs2)c1NC(=O)C1CCCCC1. The number of nitrogens with zero attached hydrogens (tertiary/aromatic N) is 1. The number of H-pyrrole nitrogens is 1. The van der Waals surface area contributed by atoms with Gasteiger partial charge in [0.1, 0.15) is 5.69 Å². The van der Waals surface area contributed by atoms with Crippen LogP contribution >= 0.6 is 11.3 Å². The van der Waals surface area contributed by atoms with Gasteiger partial charge < -0.3 is 5.32 Å². The van der Waals surface area contributed by atoms with E-state index in [-0.39, 0.29) is 11.8 Å². The van der Waals surface area contributed by atoms with Crippen LogP contribution in [0.3, 0.4) is 0 Å². The van der Waals surface area contributed by atoms with Gasteiger partial charge in [-0.1, -0.05) is 32.3 Å². The molecule has 0 unspecified atom stereocenters. The van der Waals surface area contributed by atoms with Crippen LogP contribution in [0.1, 0.15) is 44.7 Å².